The number of hydrogen-bond acceptors (Lipinski definition) is 3. The van der Waals surface area contributed by atoms with E-state index in [0.717, 1.165) is 12.1 Å². The molecule has 0 aliphatic carbocycles. The number of aliphatic hydroxyl groups is 1. The molecule has 2 amide bonds. The topological polar surface area (TPSA) is 60.9 Å². The summed E-state index contributed by atoms with van der Waals surface area (Å²) in [5, 5.41) is 8.86. The summed E-state index contributed by atoms with van der Waals surface area (Å²) in [6.45, 7) is 0.875. The van der Waals surface area contributed by atoms with E-state index in [1.807, 2.05) is 0 Å². The van der Waals surface area contributed by atoms with E-state index in [4.69, 9.17) is 5.11 Å². The minimum absolute atomic E-state index is 0.0564. The van der Waals surface area contributed by atoms with Crippen LogP contribution in [0.4, 0.5) is 8.78 Å². The number of carbonyl (C=O) groups is 2. The predicted octanol–water partition coefficient (Wildman–Crippen LogP) is 1.27. The molecule has 7 heteroatoms. The van der Waals surface area contributed by atoms with Gasteiger partial charge in [-0.15, -0.1) is 0 Å². The Kier molecular flexibility index (Phi) is 5.65. The van der Waals surface area contributed by atoms with E-state index in [-0.39, 0.29) is 30.5 Å². The fourth-order valence-electron chi connectivity index (χ4n) is 2.73. The number of likely N-dealkylation sites (N-methyl/N-ethyl adjacent to an activating group) is 1. The van der Waals surface area contributed by atoms with Gasteiger partial charge >= 0.3 is 0 Å². The highest BCUT2D eigenvalue weighted by Crippen LogP contribution is 2.22. The molecular formula is C16H20F2N2O3. The van der Waals surface area contributed by atoms with Crippen molar-refractivity contribution in [2.24, 2.45) is 5.92 Å². The van der Waals surface area contributed by atoms with E-state index >= 15 is 0 Å². The number of piperidine rings is 1. The normalized spacial score (nSPS) is 15.6. The van der Waals surface area contributed by atoms with E-state index in [1.165, 1.54) is 9.80 Å². The Morgan fingerprint density at radius 3 is 2.52 bits per heavy atom. The van der Waals surface area contributed by atoms with E-state index in [0.29, 0.717) is 32.0 Å². The van der Waals surface area contributed by atoms with Gasteiger partial charge in [0.1, 0.15) is 11.6 Å². The van der Waals surface area contributed by atoms with E-state index in [2.05, 4.69) is 0 Å². The lowest BCUT2D eigenvalue weighted by atomic mass is 9.95. The van der Waals surface area contributed by atoms with Crippen molar-refractivity contribution >= 4 is 11.8 Å². The number of carbonyl (C=O) groups excluding carboxylic acids is 2. The van der Waals surface area contributed by atoms with Crippen LogP contribution in [0.5, 0.6) is 0 Å². The number of likely N-dealkylation sites (tertiary alicyclic amines) is 1. The van der Waals surface area contributed by atoms with Gasteiger partial charge in [0.05, 0.1) is 12.2 Å². The van der Waals surface area contributed by atoms with Crippen LogP contribution < -0.4 is 0 Å². The van der Waals surface area contributed by atoms with Crippen molar-refractivity contribution in [1.82, 2.24) is 9.80 Å². The molecular weight excluding hydrogens is 306 g/mol. The lowest BCUT2D eigenvalue weighted by molar-refractivity contribution is -0.136. The molecule has 1 aromatic carbocycles. The Labute approximate surface area is 133 Å². The zero-order chi connectivity index (χ0) is 17.0. The third-order valence-corrected chi connectivity index (χ3v) is 4.10. The average Bonchev–Trinajstić information content (AvgIpc) is 2.54. The molecule has 0 unspecified atom stereocenters. The summed E-state index contributed by atoms with van der Waals surface area (Å²) in [4.78, 5) is 27.4. The van der Waals surface area contributed by atoms with Crippen LogP contribution in [0.25, 0.3) is 0 Å². The molecule has 1 aliphatic heterocycles. The second kappa shape index (κ2) is 7.50. The first-order valence-corrected chi connectivity index (χ1v) is 7.54. The fourth-order valence-corrected chi connectivity index (χ4v) is 2.73. The summed E-state index contributed by atoms with van der Waals surface area (Å²) < 4.78 is 26.6. The maximum absolute atomic E-state index is 13.7. The zero-order valence-corrected chi connectivity index (χ0v) is 13.0. The third kappa shape index (κ3) is 4.04. The van der Waals surface area contributed by atoms with Gasteiger partial charge in [0.2, 0.25) is 5.91 Å². The van der Waals surface area contributed by atoms with Gasteiger partial charge in [0.15, 0.2) is 0 Å². The molecule has 1 aromatic rings. The van der Waals surface area contributed by atoms with Crippen molar-refractivity contribution in [1.29, 1.82) is 0 Å². The minimum Gasteiger partial charge on any atom is -0.395 e. The van der Waals surface area contributed by atoms with Gasteiger partial charge < -0.3 is 14.9 Å². The zero-order valence-electron chi connectivity index (χ0n) is 13.0. The first-order chi connectivity index (χ1) is 10.9. The Balaban J connectivity index is 1.96. The lowest BCUT2D eigenvalue weighted by Crippen LogP contribution is -2.44. The second-order valence-electron chi connectivity index (χ2n) is 5.67. The smallest absolute Gasteiger partial charge is 0.256 e. The molecule has 1 saturated heterocycles. The van der Waals surface area contributed by atoms with Crippen molar-refractivity contribution in [2.45, 2.75) is 12.8 Å². The number of rotatable bonds is 4. The molecule has 1 aliphatic rings. The van der Waals surface area contributed by atoms with Gasteiger partial charge in [-0.05, 0) is 25.0 Å². The first kappa shape index (κ1) is 17.3. The Hall–Kier alpha value is -2.02. The summed E-state index contributed by atoms with van der Waals surface area (Å²) in [7, 11) is 1.63. The minimum atomic E-state index is -0.879. The summed E-state index contributed by atoms with van der Waals surface area (Å²) in [5.74, 6) is -2.35. The molecule has 126 valence electrons. The Morgan fingerprint density at radius 1 is 1.30 bits per heavy atom. The van der Waals surface area contributed by atoms with Crippen LogP contribution in [0.1, 0.15) is 23.2 Å². The molecule has 5 nitrogen and oxygen atoms in total. The third-order valence-electron chi connectivity index (χ3n) is 4.10. The maximum atomic E-state index is 13.7. The number of amides is 2. The van der Waals surface area contributed by atoms with Crippen LogP contribution >= 0.6 is 0 Å². The van der Waals surface area contributed by atoms with Gasteiger partial charge in [-0.1, -0.05) is 0 Å². The molecule has 0 atom stereocenters. The van der Waals surface area contributed by atoms with Crippen LogP contribution in [0.2, 0.25) is 0 Å². The van der Waals surface area contributed by atoms with Gasteiger partial charge in [-0.25, -0.2) is 8.78 Å². The van der Waals surface area contributed by atoms with E-state index in [1.54, 1.807) is 7.05 Å². The molecule has 0 radical (unpaired) electrons. The van der Waals surface area contributed by atoms with Crippen molar-refractivity contribution in [3.8, 4) is 0 Å². The van der Waals surface area contributed by atoms with Gasteiger partial charge in [-0.2, -0.15) is 0 Å². The summed E-state index contributed by atoms with van der Waals surface area (Å²) >= 11 is 0. The number of nitrogens with zero attached hydrogens (tertiary/aromatic N) is 2. The van der Waals surface area contributed by atoms with Gasteiger partial charge in [0, 0.05) is 38.7 Å². The molecule has 1 heterocycles. The quantitative estimate of drug-likeness (QED) is 0.906. The van der Waals surface area contributed by atoms with Crippen LogP contribution in [-0.4, -0.2) is 60.0 Å². The van der Waals surface area contributed by atoms with Crippen molar-refractivity contribution in [3.05, 3.63) is 35.4 Å². The highest BCUT2D eigenvalue weighted by molar-refractivity contribution is 5.94. The molecule has 2 rings (SSSR count). The standard InChI is InChI=1S/C16H20F2N2O3/c1-19(8-9-21)15(22)11-4-6-20(7-5-11)16(23)13-3-2-12(17)10-14(13)18/h2-3,10-11,21H,4-9H2,1H3. The highest BCUT2D eigenvalue weighted by Gasteiger charge is 2.30. The predicted molar refractivity (Wildman–Crippen MR) is 79.7 cm³/mol. The second-order valence-corrected chi connectivity index (χ2v) is 5.67. The monoisotopic (exact) mass is 326 g/mol. The summed E-state index contributed by atoms with van der Waals surface area (Å²) in [6.07, 6.45) is 0.978. The summed E-state index contributed by atoms with van der Waals surface area (Å²) in [5.41, 5.74) is -0.159. The average molecular weight is 326 g/mol. The Bertz CT molecular complexity index is 587. The largest absolute Gasteiger partial charge is 0.395 e. The molecule has 1 N–H and O–H groups in total. The highest BCUT2D eigenvalue weighted by atomic mass is 19.1. The molecule has 0 bridgehead atoms. The SMILES string of the molecule is CN(CCO)C(=O)C1CCN(C(=O)c2ccc(F)cc2F)CC1. The Morgan fingerprint density at radius 2 is 1.96 bits per heavy atom. The molecule has 0 saturated carbocycles. The van der Waals surface area contributed by atoms with E-state index in [9.17, 15) is 18.4 Å². The number of aliphatic hydroxyl groups excluding tert-OH is 1. The van der Waals surface area contributed by atoms with Crippen LogP contribution in [-0.2, 0) is 4.79 Å². The molecule has 0 spiro atoms. The number of halogens is 2. The van der Waals surface area contributed by atoms with Crippen molar-refractivity contribution < 1.29 is 23.5 Å². The fraction of sp³-hybridized carbons (Fsp3) is 0.500. The number of hydrogen-bond donors (Lipinski definition) is 1. The van der Waals surface area contributed by atoms with Gasteiger partial charge in [-0.3, -0.25) is 9.59 Å². The van der Waals surface area contributed by atoms with Crippen molar-refractivity contribution in [3.63, 3.8) is 0 Å². The first-order valence-electron chi connectivity index (χ1n) is 7.54. The number of benzene rings is 1. The van der Waals surface area contributed by atoms with Crippen LogP contribution in [0.15, 0.2) is 18.2 Å². The summed E-state index contributed by atoms with van der Waals surface area (Å²) in [6, 6.07) is 2.88. The lowest BCUT2D eigenvalue weighted by Gasteiger charge is -2.33. The molecule has 0 aromatic heterocycles. The van der Waals surface area contributed by atoms with Crippen LogP contribution in [0.3, 0.4) is 0 Å². The van der Waals surface area contributed by atoms with E-state index < -0.39 is 17.5 Å². The van der Waals surface area contributed by atoms with Crippen LogP contribution in [0, 0.1) is 17.6 Å². The molecule has 23 heavy (non-hydrogen) atoms. The van der Waals surface area contributed by atoms with Gasteiger partial charge in [0.25, 0.3) is 5.91 Å². The maximum Gasteiger partial charge on any atom is 0.256 e. The van der Waals surface area contributed by atoms with Crippen molar-refractivity contribution in [2.75, 3.05) is 33.3 Å². The molecule has 1 fully saturated rings.